The van der Waals surface area contributed by atoms with Crippen molar-refractivity contribution in [2.45, 2.75) is 38.5 Å². The number of nitrogens with zero attached hydrogens (tertiary/aromatic N) is 9. The molecule has 4 heterocycles. The maximum absolute atomic E-state index is 15.2. The quantitative estimate of drug-likeness (QED) is 0.240. The molecule has 0 amide bonds. The van der Waals surface area contributed by atoms with E-state index in [1.54, 1.807) is 36.2 Å². The molecule has 0 bridgehead atoms. The number of alkyl halides is 2. The molecule has 39 heavy (non-hydrogen) atoms. The van der Waals surface area contributed by atoms with Crippen LogP contribution in [0.3, 0.4) is 0 Å². The number of benzene rings is 1. The van der Waals surface area contributed by atoms with Crippen LogP contribution in [0.5, 0.6) is 0 Å². The van der Waals surface area contributed by atoms with Crippen molar-refractivity contribution in [3.8, 4) is 28.1 Å². The molecule has 0 spiro atoms. The van der Waals surface area contributed by atoms with Gasteiger partial charge in [0.2, 0.25) is 0 Å². The van der Waals surface area contributed by atoms with Gasteiger partial charge < -0.3 is 4.74 Å². The Bertz CT molecular complexity index is 1570. The minimum absolute atomic E-state index is 0.0577. The third kappa shape index (κ3) is 5.27. The molecule has 1 aromatic carbocycles. The third-order valence-electron chi connectivity index (χ3n) is 6.39. The lowest BCUT2D eigenvalue weighted by atomic mass is 9.95. The molecule has 0 radical (unpaired) electrons. The van der Waals surface area contributed by atoms with Gasteiger partial charge in [-0.3, -0.25) is 9.67 Å². The lowest BCUT2D eigenvalue weighted by Gasteiger charge is -2.28. The van der Waals surface area contributed by atoms with Crippen LogP contribution in [0.15, 0.2) is 61.4 Å². The van der Waals surface area contributed by atoms with Crippen molar-refractivity contribution in [3.05, 3.63) is 78.0 Å². The van der Waals surface area contributed by atoms with E-state index in [0.29, 0.717) is 33.6 Å². The standard InChI is InChI=1S/C25H23ClF3N9O/c1-25(2,39-3)10-21(36-13-16(12-33-36)19-8-9-32-38(19)24(28)29)18-6-4-15(11-30-18)22-20(37-14-31-34-35-37)7-5-17(26)23(22)27/h4-9,11-14,21,24H,10H2,1-3H3. The lowest BCUT2D eigenvalue weighted by molar-refractivity contribution is 0.00587. The maximum Gasteiger partial charge on any atom is 0.333 e. The van der Waals surface area contributed by atoms with Crippen LogP contribution in [0.4, 0.5) is 13.2 Å². The summed E-state index contributed by atoms with van der Waals surface area (Å²) < 4.78 is 51.3. The molecule has 10 nitrogen and oxygen atoms in total. The van der Waals surface area contributed by atoms with Gasteiger partial charge in [-0.1, -0.05) is 17.7 Å². The summed E-state index contributed by atoms with van der Waals surface area (Å²) in [5.74, 6) is -0.636. The Morgan fingerprint density at radius 2 is 1.87 bits per heavy atom. The van der Waals surface area contributed by atoms with Gasteiger partial charge in [-0.15, -0.1) is 5.10 Å². The molecule has 5 rings (SSSR count). The number of ether oxygens (including phenoxy) is 1. The fourth-order valence-electron chi connectivity index (χ4n) is 4.25. The SMILES string of the molecule is COC(C)(C)CC(c1ccc(-c2c(-n3cnnn3)ccc(Cl)c2F)cn1)n1cc(-c2ccnn2C(F)F)cn1. The second kappa shape index (κ2) is 10.6. The van der Waals surface area contributed by atoms with E-state index in [0.717, 1.165) is 0 Å². The molecule has 0 aliphatic carbocycles. The first kappa shape index (κ1) is 26.5. The number of pyridine rings is 1. The van der Waals surface area contributed by atoms with Gasteiger partial charge in [-0.25, -0.2) is 9.07 Å². The highest BCUT2D eigenvalue weighted by molar-refractivity contribution is 6.31. The highest BCUT2D eigenvalue weighted by Gasteiger charge is 2.28. The Hall–Kier alpha value is -4.10. The van der Waals surface area contributed by atoms with E-state index in [1.165, 1.54) is 41.7 Å². The zero-order valence-electron chi connectivity index (χ0n) is 21.1. The first-order valence-electron chi connectivity index (χ1n) is 11.8. The van der Waals surface area contributed by atoms with E-state index in [-0.39, 0.29) is 16.3 Å². The number of tetrazole rings is 1. The van der Waals surface area contributed by atoms with Crippen LogP contribution in [0.1, 0.15) is 38.6 Å². The predicted molar refractivity (Wildman–Crippen MR) is 136 cm³/mol. The zero-order chi connectivity index (χ0) is 27.7. The largest absolute Gasteiger partial charge is 0.379 e. The van der Waals surface area contributed by atoms with Crippen LogP contribution in [0.2, 0.25) is 5.02 Å². The fraction of sp³-hybridized carbons (Fsp3) is 0.280. The first-order chi connectivity index (χ1) is 18.7. The van der Waals surface area contributed by atoms with Crippen LogP contribution in [-0.4, -0.2) is 57.5 Å². The molecule has 0 aliphatic heterocycles. The summed E-state index contributed by atoms with van der Waals surface area (Å²) in [5, 5.41) is 19.2. The maximum atomic E-state index is 15.2. The van der Waals surface area contributed by atoms with Crippen LogP contribution in [0.25, 0.3) is 28.1 Å². The van der Waals surface area contributed by atoms with Gasteiger partial charge >= 0.3 is 6.55 Å². The minimum atomic E-state index is -2.79. The average Bonchev–Trinajstić information content (AvgIpc) is 3.71. The average molecular weight is 558 g/mol. The van der Waals surface area contributed by atoms with E-state index in [2.05, 4.69) is 30.7 Å². The monoisotopic (exact) mass is 557 g/mol. The molecule has 0 saturated carbocycles. The van der Waals surface area contributed by atoms with Gasteiger partial charge in [0.25, 0.3) is 0 Å². The summed E-state index contributed by atoms with van der Waals surface area (Å²) in [4.78, 5) is 4.64. The Labute approximate surface area is 226 Å². The van der Waals surface area contributed by atoms with Crippen molar-refractivity contribution in [1.82, 2.24) is 44.8 Å². The molecule has 4 aromatic heterocycles. The number of halogens is 4. The van der Waals surface area contributed by atoms with Gasteiger partial charge in [0, 0.05) is 48.8 Å². The van der Waals surface area contributed by atoms with Crippen LogP contribution in [-0.2, 0) is 4.74 Å². The molecule has 1 atom stereocenters. The molecule has 0 saturated heterocycles. The minimum Gasteiger partial charge on any atom is -0.379 e. The van der Waals surface area contributed by atoms with Crippen molar-refractivity contribution in [2.24, 2.45) is 0 Å². The molecular formula is C25H23ClF3N9O. The first-order valence-corrected chi connectivity index (χ1v) is 12.2. The topological polar surface area (TPSA) is 101 Å². The summed E-state index contributed by atoms with van der Waals surface area (Å²) in [6.07, 6.45) is 7.80. The molecular weight excluding hydrogens is 535 g/mol. The Morgan fingerprint density at radius 3 is 2.54 bits per heavy atom. The predicted octanol–water partition coefficient (Wildman–Crippen LogP) is 5.38. The number of methoxy groups -OCH3 is 1. The summed E-state index contributed by atoms with van der Waals surface area (Å²) >= 11 is 6.09. The summed E-state index contributed by atoms with van der Waals surface area (Å²) in [6, 6.07) is 7.57. The van der Waals surface area contributed by atoms with E-state index in [9.17, 15) is 8.78 Å². The smallest absolute Gasteiger partial charge is 0.333 e. The van der Waals surface area contributed by atoms with E-state index in [4.69, 9.17) is 16.3 Å². The Balaban J connectivity index is 1.54. The van der Waals surface area contributed by atoms with Crippen molar-refractivity contribution in [2.75, 3.05) is 7.11 Å². The summed E-state index contributed by atoms with van der Waals surface area (Å²) in [5.41, 5.74) is 1.76. The fourth-order valence-corrected chi connectivity index (χ4v) is 4.41. The van der Waals surface area contributed by atoms with Crippen LogP contribution >= 0.6 is 11.6 Å². The number of rotatable bonds is 9. The van der Waals surface area contributed by atoms with Crippen LogP contribution < -0.4 is 0 Å². The highest BCUT2D eigenvalue weighted by atomic mass is 35.5. The summed E-state index contributed by atoms with van der Waals surface area (Å²) in [6.45, 7) is 1.05. The Morgan fingerprint density at radius 1 is 1.05 bits per heavy atom. The molecule has 14 heteroatoms. The second-order valence-electron chi connectivity index (χ2n) is 9.31. The molecule has 202 valence electrons. The molecule has 1 unspecified atom stereocenters. The molecule has 5 aromatic rings. The number of hydrogen-bond acceptors (Lipinski definition) is 7. The van der Waals surface area contributed by atoms with Gasteiger partial charge in [0.15, 0.2) is 5.82 Å². The van der Waals surface area contributed by atoms with Crippen molar-refractivity contribution >= 4 is 11.6 Å². The van der Waals surface area contributed by atoms with Crippen LogP contribution in [0, 0.1) is 5.82 Å². The number of aromatic nitrogens is 9. The molecule has 0 fully saturated rings. The lowest BCUT2D eigenvalue weighted by Crippen LogP contribution is -2.29. The van der Waals surface area contributed by atoms with Crippen molar-refractivity contribution in [1.29, 1.82) is 0 Å². The van der Waals surface area contributed by atoms with Gasteiger partial charge in [-0.05, 0) is 48.5 Å². The van der Waals surface area contributed by atoms with E-state index in [1.807, 2.05) is 13.8 Å². The van der Waals surface area contributed by atoms with E-state index >= 15 is 4.39 Å². The normalized spacial score (nSPS) is 12.8. The third-order valence-corrected chi connectivity index (χ3v) is 6.69. The highest BCUT2D eigenvalue weighted by Crippen LogP contribution is 2.35. The number of hydrogen-bond donors (Lipinski definition) is 0. The molecule has 0 N–H and O–H groups in total. The summed E-state index contributed by atoms with van der Waals surface area (Å²) in [7, 11) is 1.60. The van der Waals surface area contributed by atoms with Gasteiger partial charge in [0.05, 0.1) is 39.9 Å². The van der Waals surface area contributed by atoms with Gasteiger partial charge in [0.1, 0.15) is 6.33 Å². The van der Waals surface area contributed by atoms with Crippen molar-refractivity contribution in [3.63, 3.8) is 0 Å². The van der Waals surface area contributed by atoms with E-state index < -0.39 is 24.0 Å². The second-order valence-corrected chi connectivity index (χ2v) is 9.72. The Kier molecular flexibility index (Phi) is 7.19. The van der Waals surface area contributed by atoms with Gasteiger partial charge in [-0.2, -0.15) is 23.7 Å². The molecule has 0 aliphatic rings. The van der Waals surface area contributed by atoms with Crippen molar-refractivity contribution < 1.29 is 17.9 Å². The zero-order valence-corrected chi connectivity index (χ0v) is 21.8.